The van der Waals surface area contributed by atoms with Crippen LogP contribution in [0.25, 0.3) is 0 Å². The van der Waals surface area contributed by atoms with E-state index in [0.717, 1.165) is 0 Å². The van der Waals surface area contributed by atoms with Crippen molar-refractivity contribution < 1.29 is 0 Å². The Bertz CT molecular complexity index is 396. The first-order chi connectivity index (χ1) is 8.33. The second-order valence-electron chi connectivity index (χ2n) is 5.68. The fraction of sp³-hybridized carbons (Fsp3) is 0.600. The summed E-state index contributed by atoms with van der Waals surface area (Å²) < 4.78 is 0. The number of anilines is 1. The molecule has 17 heavy (non-hydrogen) atoms. The zero-order chi connectivity index (χ0) is 11.7. The van der Waals surface area contributed by atoms with Crippen molar-refractivity contribution in [3.8, 4) is 0 Å². The third kappa shape index (κ3) is 1.95. The van der Waals surface area contributed by atoms with Gasteiger partial charge in [0, 0.05) is 30.7 Å². The Morgan fingerprint density at radius 3 is 2.82 bits per heavy atom. The van der Waals surface area contributed by atoms with Crippen LogP contribution < -0.4 is 10.2 Å². The molecule has 0 unspecified atom stereocenters. The molecule has 1 aromatic carbocycles. The smallest absolute Gasteiger partial charge is 0.0399 e. The highest BCUT2D eigenvalue weighted by molar-refractivity contribution is 5.58. The molecule has 2 nitrogen and oxygen atoms in total. The number of rotatable bonds is 4. The van der Waals surface area contributed by atoms with Gasteiger partial charge in [0.2, 0.25) is 0 Å². The van der Waals surface area contributed by atoms with Crippen molar-refractivity contribution in [3.05, 3.63) is 29.8 Å². The van der Waals surface area contributed by atoms with E-state index < -0.39 is 0 Å². The number of hydrogen-bond donors (Lipinski definition) is 1. The average molecular weight is 230 g/mol. The predicted octanol–water partition coefficient (Wildman–Crippen LogP) is 2.44. The van der Waals surface area contributed by atoms with Gasteiger partial charge in [0.15, 0.2) is 0 Å². The number of fused-ring (bicyclic) bond motifs is 1. The van der Waals surface area contributed by atoms with E-state index in [1.165, 1.54) is 56.6 Å². The number of nitrogens with zero attached hydrogens (tertiary/aromatic N) is 1. The summed E-state index contributed by atoms with van der Waals surface area (Å²) in [6.45, 7) is 3.63. The molecule has 1 aliphatic carbocycles. The quantitative estimate of drug-likeness (QED) is 0.854. The summed E-state index contributed by atoms with van der Waals surface area (Å²) in [5, 5.41) is 3.38. The monoisotopic (exact) mass is 230 g/mol. The second kappa shape index (κ2) is 4.34. The van der Waals surface area contributed by atoms with Gasteiger partial charge in [-0.3, -0.25) is 0 Å². The maximum Gasteiger partial charge on any atom is 0.0399 e. The Labute approximate surface area is 104 Å². The Morgan fingerprint density at radius 2 is 2.12 bits per heavy atom. The summed E-state index contributed by atoms with van der Waals surface area (Å²) >= 11 is 0. The van der Waals surface area contributed by atoms with Crippen LogP contribution in [-0.4, -0.2) is 26.7 Å². The number of nitrogens with one attached hydrogen (secondary N) is 1. The molecule has 0 spiro atoms. The first-order valence-electron chi connectivity index (χ1n) is 6.80. The van der Waals surface area contributed by atoms with Crippen LogP contribution in [0.15, 0.2) is 24.3 Å². The fourth-order valence-corrected chi connectivity index (χ4v) is 3.42. The average Bonchev–Trinajstić information content (AvgIpc) is 2.70. The van der Waals surface area contributed by atoms with E-state index in [9.17, 15) is 0 Å². The van der Waals surface area contributed by atoms with Gasteiger partial charge in [-0.15, -0.1) is 0 Å². The molecule has 2 heteroatoms. The van der Waals surface area contributed by atoms with Crippen molar-refractivity contribution >= 4 is 5.69 Å². The lowest BCUT2D eigenvalue weighted by Gasteiger charge is -2.45. The van der Waals surface area contributed by atoms with Gasteiger partial charge < -0.3 is 10.2 Å². The van der Waals surface area contributed by atoms with Crippen LogP contribution >= 0.6 is 0 Å². The van der Waals surface area contributed by atoms with Gasteiger partial charge in [0.05, 0.1) is 0 Å². The molecule has 0 amide bonds. The topological polar surface area (TPSA) is 15.3 Å². The highest BCUT2D eigenvalue weighted by atomic mass is 15.2. The SMILES string of the molecule is CNCC1(CN2CCc3ccccc32)CCC1. The first kappa shape index (κ1) is 11.1. The summed E-state index contributed by atoms with van der Waals surface area (Å²) in [5.41, 5.74) is 3.56. The Balaban J connectivity index is 1.74. The van der Waals surface area contributed by atoms with Crippen LogP contribution in [0.2, 0.25) is 0 Å². The summed E-state index contributed by atoms with van der Waals surface area (Å²) in [6, 6.07) is 8.90. The molecule has 1 heterocycles. The molecule has 1 aliphatic heterocycles. The highest BCUT2D eigenvalue weighted by Crippen LogP contribution is 2.43. The summed E-state index contributed by atoms with van der Waals surface area (Å²) in [5.74, 6) is 0. The van der Waals surface area contributed by atoms with Crippen molar-refractivity contribution in [2.75, 3.05) is 31.6 Å². The molecule has 1 fully saturated rings. The van der Waals surface area contributed by atoms with Crippen LogP contribution in [0.1, 0.15) is 24.8 Å². The normalized spacial score (nSPS) is 21.1. The Kier molecular flexibility index (Phi) is 2.83. The molecule has 2 aliphatic rings. The summed E-state index contributed by atoms with van der Waals surface area (Å²) in [4.78, 5) is 2.60. The lowest BCUT2D eigenvalue weighted by atomic mass is 9.68. The fourth-order valence-electron chi connectivity index (χ4n) is 3.42. The zero-order valence-corrected chi connectivity index (χ0v) is 10.7. The lowest BCUT2D eigenvalue weighted by molar-refractivity contribution is 0.141. The van der Waals surface area contributed by atoms with E-state index in [1.54, 1.807) is 0 Å². The predicted molar refractivity (Wildman–Crippen MR) is 72.6 cm³/mol. The maximum absolute atomic E-state index is 3.38. The molecule has 0 radical (unpaired) electrons. The summed E-state index contributed by atoms with van der Waals surface area (Å²) in [7, 11) is 2.08. The number of para-hydroxylation sites is 1. The van der Waals surface area contributed by atoms with Crippen LogP contribution in [0.4, 0.5) is 5.69 Å². The number of hydrogen-bond acceptors (Lipinski definition) is 2. The van der Waals surface area contributed by atoms with Crippen molar-refractivity contribution in [3.63, 3.8) is 0 Å². The maximum atomic E-state index is 3.38. The van der Waals surface area contributed by atoms with Gasteiger partial charge in [0.1, 0.15) is 0 Å². The molecule has 1 aromatic rings. The van der Waals surface area contributed by atoms with Gasteiger partial charge in [-0.1, -0.05) is 24.6 Å². The van der Waals surface area contributed by atoms with E-state index in [2.05, 4.69) is 41.5 Å². The van der Waals surface area contributed by atoms with E-state index in [4.69, 9.17) is 0 Å². The van der Waals surface area contributed by atoms with E-state index in [0.29, 0.717) is 5.41 Å². The third-order valence-corrected chi connectivity index (χ3v) is 4.48. The molecule has 0 bridgehead atoms. The molecule has 0 aromatic heterocycles. The molecule has 1 saturated carbocycles. The second-order valence-corrected chi connectivity index (χ2v) is 5.68. The first-order valence-corrected chi connectivity index (χ1v) is 6.80. The van der Waals surface area contributed by atoms with Gasteiger partial charge in [0.25, 0.3) is 0 Å². The van der Waals surface area contributed by atoms with Crippen molar-refractivity contribution in [2.45, 2.75) is 25.7 Å². The zero-order valence-electron chi connectivity index (χ0n) is 10.7. The minimum atomic E-state index is 0.548. The lowest BCUT2D eigenvalue weighted by Crippen LogP contribution is -2.47. The minimum absolute atomic E-state index is 0.548. The van der Waals surface area contributed by atoms with Gasteiger partial charge >= 0.3 is 0 Å². The molecule has 0 saturated heterocycles. The molecule has 3 rings (SSSR count). The molecule has 0 atom stereocenters. The van der Waals surface area contributed by atoms with E-state index in [-0.39, 0.29) is 0 Å². The van der Waals surface area contributed by atoms with Gasteiger partial charge in [-0.05, 0) is 37.9 Å². The minimum Gasteiger partial charge on any atom is -0.370 e. The van der Waals surface area contributed by atoms with Crippen molar-refractivity contribution in [2.24, 2.45) is 5.41 Å². The van der Waals surface area contributed by atoms with Crippen molar-refractivity contribution in [1.82, 2.24) is 5.32 Å². The summed E-state index contributed by atoms with van der Waals surface area (Å²) in [6.07, 6.45) is 5.43. The molecular weight excluding hydrogens is 208 g/mol. The Morgan fingerprint density at radius 1 is 1.29 bits per heavy atom. The van der Waals surface area contributed by atoms with Gasteiger partial charge in [-0.25, -0.2) is 0 Å². The molecule has 92 valence electrons. The van der Waals surface area contributed by atoms with Crippen molar-refractivity contribution in [1.29, 1.82) is 0 Å². The van der Waals surface area contributed by atoms with E-state index >= 15 is 0 Å². The standard InChI is InChI=1S/C15H22N2/c1-16-11-15(8-4-9-15)12-17-10-7-13-5-2-3-6-14(13)17/h2-3,5-6,16H,4,7-12H2,1H3. The Hall–Kier alpha value is -1.02. The third-order valence-electron chi connectivity index (χ3n) is 4.48. The largest absolute Gasteiger partial charge is 0.370 e. The van der Waals surface area contributed by atoms with Crippen LogP contribution in [0.3, 0.4) is 0 Å². The van der Waals surface area contributed by atoms with Crippen LogP contribution in [-0.2, 0) is 6.42 Å². The van der Waals surface area contributed by atoms with Crippen LogP contribution in [0, 0.1) is 5.41 Å². The molecular formula is C15H22N2. The highest BCUT2D eigenvalue weighted by Gasteiger charge is 2.38. The molecule has 1 N–H and O–H groups in total. The van der Waals surface area contributed by atoms with Gasteiger partial charge in [-0.2, -0.15) is 0 Å². The van der Waals surface area contributed by atoms with Crippen LogP contribution in [0.5, 0.6) is 0 Å². The van der Waals surface area contributed by atoms with E-state index in [1.807, 2.05) is 0 Å². The number of benzene rings is 1.